The minimum Gasteiger partial charge on any atom is -0.348 e. The fraction of sp³-hybridized carbons (Fsp3) is 0.278. The SMILES string of the molecule is CC[C@@H](NC(=O)[C@H](N)Cc1ccccc1)c1ccccc1.Cl. The highest BCUT2D eigenvalue weighted by molar-refractivity contribution is 5.85. The van der Waals surface area contributed by atoms with Crippen molar-refractivity contribution < 1.29 is 4.79 Å². The molecule has 0 aliphatic rings. The van der Waals surface area contributed by atoms with Gasteiger partial charge in [0.1, 0.15) is 0 Å². The molecular weight excluding hydrogens is 296 g/mol. The number of carbonyl (C=O) groups excluding carboxylic acids is 1. The van der Waals surface area contributed by atoms with E-state index >= 15 is 0 Å². The quantitative estimate of drug-likeness (QED) is 0.859. The molecule has 0 saturated carbocycles. The van der Waals surface area contributed by atoms with E-state index in [1.54, 1.807) is 0 Å². The zero-order valence-corrected chi connectivity index (χ0v) is 13.6. The van der Waals surface area contributed by atoms with Crippen molar-refractivity contribution in [3.63, 3.8) is 0 Å². The monoisotopic (exact) mass is 318 g/mol. The van der Waals surface area contributed by atoms with Gasteiger partial charge in [0, 0.05) is 0 Å². The van der Waals surface area contributed by atoms with E-state index in [0.29, 0.717) is 6.42 Å². The van der Waals surface area contributed by atoms with E-state index < -0.39 is 6.04 Å². The van der Waals surface area contributed by atoms with Gasteiger partial charge in [0.2, 0.25) is 5.91 Å². The Balaban J connectivity index is 0.00000242. The number of amides is 1. The van der Waals surface area contributed by atoms with Crippen molar-refractivity contribution in [1.29, 1.82) is 0 Å². The van der Waals surface area contributed by atoms with Crippen LogP contribution in [0.1, 0.15) is 30.5 Å². The number of nitrogens with one attached hydrogen (secondary N) is 1. The van der Waals surface area contributed by atoms with Crippen LogP contribution < -0.4 is 11.1 Å². The Labute approximate surface area is 138 Å². The van der Waals surface area contributed by atoms with E-state index in [9.17, 15) is 4.79 Å². The van der Waals surface area contributed by atoms with E-state index in [1.807, 2.05) is 60.7 Å². The topological polar surface area (TPSA) is 55.1 Å². The second-order valence-electron chi connectivity index (χ2n) is 5.18. The lowest BCUT2D eigenvalue weighted by Crippen LogP contribution is -2.43. The van der Waals surface area contributed by atoms with Gasteiger partial charge in [-0.15, -0.1) is 12.4 Å². The minimum atomic E-state index is -0.523. The molecule has 22 heavy (non-hydrogen) atoms. The predicted octanol–water partition coefficient (Wildman–Crippen LogP) is 3.25. The highest BCUT2D eigenvalue weighted by atomic mass is 35.5. The molecule has 0 aliphatic carbocycles. The molecule has 0 heterocycles. The molecule has 0 saturated heterocycles. The smallest absolute Gasteiger partial charge is 0.237 e. The normalized spacial score (nSPS) is 12.8. The Bertz CT molecular complexity index is 560. The molecule has 0 aromatic heterocycles. The van der Waals surface area contributed by atoms with Crippen LogP contribution >= 0.6 is 12.4 Å². The Kier molecular flexibility index (Phi) is 7.64. The average molecular weight is 319 g/mol. The molecule has 0 fully saturated rings. The molecule has 0 aliphatic heterocycles. The van der Waals surface area contributed by atoms with Crippen LogP contribution in [0.4, 0.5) is 0 Å². The number of hydrogen-bond acceptors (Lipinski definition) is 2. The van der Waals surface area contributed by atoms with Crippen LogP contribution in [0.3, 0.4) is 0 Å². The number of halogens is 1. The average Bonchev–Trinajstić information content (AvgIpc) is 2.54. The molecule has 3 nitrogen and oxygen atoms in total. The summed E-state index contributed by atoms with van der Waals surface area (Å²) in [7, 11) is 0. The van der Waals surface area contributed by atoms with Crippen molar-refractivity contribution in [3.05, 3.63) is 71.8 Å². The highest BCUT2D eigenvalue weighted by Gasteiger charge is 2.18. The standard InChI is InChI=1S/C18H22N2O.ClH/c1-2-17(15-11-7-4-8-12-15)20-18(21)16(19)13-14-9-5-3-6-10-14;/h3-12,16-17H,2,13,19H2,1H3,(H,20,21);1H/t16-,17-;/m1./s1. The molecule has 0 bridgehead atoms. The summed E-state index contributed by atoms with van der Waals surface area (Å²) in [6.07, 6.45) is 1.39. The number of nitrogens with two attached hydrogens (primary N) is 1. The Morgan fingerprint density at radius 1 is 1.05 bits per heavy atom. The molecular formula is C18H23ClN2O. The third kappa shape index (κ3) is 5.17. The summed E-state index contributed by atoms with van der Waals surface area (Å²) in [5, 5.41) is 3.04. The molecule has 1 amide bonds. The molecule has 2 rings (SSSR count). The first-order valence-corrected chi connectivity index (χ1v) is 7.35. The largest absolute Gasteiger partial charge is 0.348 e. The second kappa shape index (κ2) is 9.23. The third-order valence-corrected chi connectivity index (χ3v) is 3.56. The van der Waals surface area contributed by atoms with Gasteiger partial charge < -0.3 is 11.1 Å². The van der Waals surface area contributed by atoms with Gasteiger partial charge in [0.25, 0.3) is 0 Å². The third-order valence-electron chi connectivity index (χ3n) is 3.56. The lowest BCUT2D eigenvalue weighted by atomic mass is 10.0. The van der Waals surface area contributed by atoms with Crippen molar-refractivity contribution in [2.45, 2.75) is 31.8 Å². The fourth-order valence-electron chi connectivity index (χ4n) is 2.35. The number of rotatable bonds is 6. The zero-order valence-electron chi connectivity index (χ0n) is 12.7. The van der Waals surface area contributed by atoms with E-state index in [1.165, 1.54) is 0 Å². The summed E-state index contributed by atoms with van der Waals surface area (Å²) in [4.78, 5) is 12.3. The summed E-state index contributed by atoms with van der Waals surface area (Å²) in [5.41, 5.74) is 8.21. The molecule has 4 heteroatoms. The maximum Gasteiger partial charge on any atom is 0.237 e. The Morgan fingerprint density at radius 3 is 2.14 bits per heavy atom. The molecule has 2 aromatic rings. The number of carbonyl (C=O) groups is 1. The molecule has 2 aromatic carbocycles. The van der Waals surface area contributed by atoms with E-state index in [-0.39, 0.29) is 24.4 Å². The minimum absolute atomic E-state index is 0. The summed E-state index contributed by atoms with van der Waals surface area (Å²) in [5.74, 6) is -0.102. The van der Waals surface area contributed by atoms with Gasteiger partial charge in [-0.05, 0) is 24.0 Å². The van der Waals surface area contributed by atoms with Gasteiger partial charge in [-0.25, -0.2) is 0 Å². The van der Waals surface area contributed by atoms with Gasteiger partial charge >= 0.3 is 0 Å². The van der Waals surface area contributed by atoms with Crippen LogP contribution in [-0.2, 0) is 11.2 Å². The van der Waals surface area contributed by atoms with Crippen LogP contribution in [0.25, 0.3) is 0 Å². The van der Waals surface area contributed by atoms with Crippen molar-refractivity contribution >= 4 is 18.3 Å². The molecule has 0 unspecified atom stereocenters. The molecule has 2 atom stereocenters. The number of benzene rings is 2. The van der Waals surface area contributed by atoms with Crippen molar-refractivity contribution in [2.75, 3.05) is 0 Å². The fourth-order valence-corrected chi connectivity index (χ4v) is 2.35. The Hall–Kier alpha value is -1.84. The van der Waals surface area contributed by atoms with Crippen molar-refractivity contribution in [1.82, 2.24) is 5.32 Å². The summed E-state index contributed by atoms with van der Waals surface area (Å²) in [6, 6.07) is 19.3. The molecule has 0 spiro atoms. The van der Waals surface area contributed by atoms with Crippen molar-refractivity contribution in [2.24, 2.45) is 5.73 Å². The first kappa shape index (κ1) is 18.2. The lowest BCUT2D eigenvalue weighted by Gasteiger charge is -2.20. The van der Waals surface area contributed by atoms with Gasteiger partial charge in [0.15, 0.2) is 0 Å². The molecule has 0 radical (unpaired) electrons. The Morgan fingerprint density at radius 2 is 1.59 bits per heavy atom. The zero-order chi connectivity index (χ0) is 15.1. The summed E-state index contributed by atoms with van der Waals surface area (Å²) < 4.78 is 0. The van der Waals surface area contributed by atoms with Gasteiger partial charge in [-0.2, -0.15) is 0 Å². The predicted molar refractivity (Wildman–Crippen MR) is 93.0 cm³/mol. The lowest BCUT2D eigenvalue weighted by molar-refractivity contribution is -0.123. The highest BCUT2D eigenvalue weighted by Crippen LogP contribution is 2.16. The molecule has 118 valence electrons. The summed E-state index contributed by atoms with van der Waals surface area (Å²) >= 11 is 0. The molecule has 3 N–H and O–H groups in total. The van der Waals surface area contributed by atoms with Crippen molar-refractivity contribution in [3.8, 4) is 0 Å². The van der Waals surface area contributed by atoms with Crippen LogP contribution in [-0.4, -0.2) is 11.9 Å². The number of hydrogen-bond donors (Lipinski definition) is 2. The maximum absolute atomic E-state index is 12.3. The van der Waals surface area contributed by atoms with E-state index in [2.05, 4.69) is 12.2 Å². The first-order chi connectivity index (χ1) is 10.2. The van der Waals surface area contributed by atoms with E-state index in [0.717, 1.165) is 17.5 Å². The first-order valence-electron chi connectivity index (χ1n) is 7.35. The van der Waals surface area contributed by atoms with Gasteiger partial charge in [-0.1, -0.05) is 67.6 Å². The van der Waals surface area contributed by atoms with E-state index in [4.69, 9.17) is 5.73 Å². The van der Waals surface area contributed by atoms with Gasteiger partial charge in [0.05, 0.1) is 12.1 Å². The maximum atomic E-state index is 12.3. The summed E-state index contributed by atoms with van der Waals surface area (Å²) in [6.45, 7) is 2.06. The van der Waals surface area contributed by atoms with Gasteiger partial charge in [-0.3, -0.25) is 4.79 Å². The van der Waals surface area contributed by atoms with Crippen LogP contribution in [0, 0.1) is 0 Å². The van der Waals surface area contributed by atoms with Crippen LogP contribution in [0.15, 0.2) is 60.7 Å². The van der Waals surface area contributed by atoms with Crippen LogP contribution in [0.2, 0.25) is 0 Å². The second-order valence-corrected chi connectivity index (χ2v) is 5.18. The van der Waals surface area contributed by atoms with Crippen LogP contribution in [0.5, 0.6) is 0 Å².